The zero-order valence-electron chi connectivity index (χ0n) is 12.7. The molecule has 1 aromatic rings. The van der Waals surface area contributed by atoms with Crippen molar-refractivity contribution < 1.29 is 9.90 Å². The highest BCUT2D eigenvalue weighted by Gasteiger charge is 2.28. The van der Waals surface area contributed by atoms with E-state index in [1.165, 1.54) is 0 Å². The van der Waals surface area contributed by atoms with E-state index in [9.17, 15) is 9.90 Å². The predicted molar refractivity (Wildman–Crippen MR) is 75.1 cm³/mol. The van der Waals surface area contributed by atoms with Gasteiger partial charge >= 0.3 is 0 Å². The highest BCUT2D eigenvalue weighted by molar-refractivity contribution is 5.96. The topological polar surface area (TPSA) is 67.2 Å². The Morgan fingerprint density at radius 1 is 1.53 bits per heavy atom. The van der Waals surface area contributed by atoms with Crippen LogP contribution in [0.15, 0.2) is 0 Å². The molecule has 0 saturated carbocycles. The van der Waals surface area contributed by atoms with Gasteiger partial charge in [0.2, 0.25) is 0 Å². The molecule has 5 heteroatoms. The van der Waals surface area contributed by atoms with E-state index in [0.717, 1.165) is 12.1 Å². The molecule has 0 aliphatic rings. The molecule has 0 aliphatic heterocycles. The van der Waals surface area contributed by atoms with Crippen molar-refractivity contribution in [2.24, 2.45) is 13.0 Å². The molecule has 108 valence electrons. The van der Waals surface area contributed by atoms with Gasteiger partial charge in [-0.15, -0.1) is 0 Å². The number of carbonyl (C=O) groups excluding carboxylic acids is 1. The minimum Gasteiger partial charge on any atom is -0.388 e. The first-order valence-corrected chi connectivity index (χ1v) is 6.71. The Morgan fingerprint density at radius 2 is 2.11 bits per heavy atom. The molecule has 0 bridgehead atoms. The molecule has 5 nitrogen and oxygen atoms in total. The Hall–Kier alpha value is -1.36. The molecule has 0 fully saturated rings. The van der Waals surface area contributed by atoms with Gasteiger partial charge in [0.15, 0.2) is 0 Å². The van der Waals surface area contributed by atoms with Gasteiger partial charge < -0.3 is 10.4 Å². The zero-order valence-corrected chi connectivity index (χ0v) is 12.7. The summed E-state index contributed by atoms with van der Waals surface area (Å²) in [7, 11) is 1.81. The molecule has 1 amide bonds. The van der Waals surface area contributed by atoms with E-state index in [1.807, 2.05) is 34.7 Å². The lowest BCUT2D eigenvalue weighted by atomic mass is 9.88. The second kappa shape index (κ2) is 5.74. The van der Waals surface area contributed by atoms with Gasteiger partial charge in [0.1, 0.15) is 0 Å². The summed E-state index contributed by atoms with van der Waals surface area (Å²) in [5.41, 5.74) is 1.25. The molecule has 0 spiro atoms. The average Bonchev–Trinajstić information content (AvgIpc) is 2.59. The van der Waals surface area contributed by atoms with Crippen LogP contribution < -0.4 is 5.32 Å². The van der Waals surface area contributed by atoms with E-state index in [0.29, 0.717) is 11.3 Å². The third-order valence-electron chi connectivity index (χ3n) is 4.02. The minimum atomic E-state index is -0.894. The summed E-state index contributed by atoms with van der Waals surface area (Å²) in [5.74, 6) is -0.0458. The molecule has 19 heavy (non-hydrogen) atoms. The van der Waals surface area contributed by atoms with E-state index in [1.54, 1.807) is 11.6 Å². The maximum Gasteiger partial charge on any atom is 0.255 e. The predicted octanol–water partition coefficient (Wildman–Crippen LogP) is 1.56. The number of hydrogen-bond acceptors (Lipinski definition) is 3. The average molecular weight is 267 g/mol. The van der Waals surface area contributed by atoms with E-state index in [-0.39, 0.29) is 18.4 Å². The summed E-state index contributed by atoms with van der Waals surface area (Å²) >= 11 is 0. The van der Waals surface area contributed by atoms with Crippen LogP contribution in [0.3, 0.4) is 0 Å². The van der Waals surface area contributed by atoms with Crippen LogP contribution in [0.4, 0.5) is 0 Å². The van der Waals surface area contributed by atoms with Gasteiger partial charge in [-0.1, -0.05) is 20.3 Å². The van der Waals surface area contributed by atoms with Crippen molar-refractivity contribution in [1.29, 1.82) is 0 Å². The second-order valence-corrected chi connectivity index (χ2v) is 5.52. The van der Waals surface area contributed by atoms with E-state index < -0.39 is 5.60 Å². The summed E-state index contributed by atoms with van der Waals surface area (Å²) in [6, 6.07) is 0. The molecule has 2 N–H and O–H groups in total. The van der Waals surface area contributed by atoms with Crippen molar-refractivity contribution in [1.82, 2.24) is 15.1 Å². The van der Waals surface area contributed by atoms with Crippen molar-refractivity contribution in [2.45, 2.75) is 46.6 Å². The number of nitrogens with one attached hydrogen (secondary N) is 1. The number of aliphatic hydroxyl groups is 1. The molecule has 0 aromatic carbocycles. The molecule has 1 heterocycles. The van der Waals surface area contributed by atoms with Crippen molar-refractivity contribution >= 4 is 5.91 Å². The quantitative estimate of drug-likeness (QED) is 0.851. The van der Waals surface area contributed by atoms with Gasteiger partial charge in [-0.05, 0) is 26.7 Å². The first kappa shape index (κ1) is 15.7. The molecular weight excluding hydrogens is 242 g/mol. The van der Waals surface area contributed by atoms with Crippen molar-refractivity contribution in [3.63, 3.8) is 0 Å². The first-order chi connectivity index (χ1) is 8.70. The molecule has 1 aromatic heterocycles. The fourth-order valence-corrected chi connectivity index (χ4v) is 2.06. The fourth-order valence-electron chi connectivity index (χ4n) is 2.06. The van der Waals surface area contributed by atoms with Crippen LogP contribution in [0, 0.1) is 19.8 Å². The van der Waals surface area contributed by atoms with Crippen molar-refractivity contribution in [3.05, 3.63) is 17.0 Å². The lowest BCUT2D eigenvalue weighted by Crippen LogP contribution is -2.45. The van der Waals surface area contributed by atoms with Gasteiger partial charge in [-0.25, -0.2) is 0 Å². The number of nitrogens with zero attached hydrogens (tertiary/aromatic N) is 2. The minimum absolute atomic E-state index is 0.129. The van der Waals surface area contributed by atoms with Gasteiger partial charge in [0, 0.05) is 19.3 Å². The van der Waals surface area contributed by atoms with Gasteiger partial charge in [0.25, 0.3) is 5.91 Å². The van der Waals surface area contributed by atoms with Crippen LogP contribution in [0.1, 0.15) is 48.9 Å². The zero-order chi connectivity index (χ0) is 14.8. The summed E-state index contributed by atoms with van der Waals surface area (Å²) in [6.45, 7) is 9.68. The van der Waals surface area contributed by atoms with Crippen LogP contribution in [0.5, 0.6) is 0 Å². The van der Waals surface area contributed by atoms with Gasteiger partial charge in [-0.2, -0.15) is 5.10 Å². The maximum absolute atomic E-state index is 12.2. The number of hydrogen-bond donors (Lipinski definition) is 2. The lowest BCUT2D eigenvalue weighted by Gasteiger charge is -2.29. The van der Waals surface area contributed by atoms with E-state index >= 15 is 0 Å². The summed E-state index contributed by atoms with van der Waals surface area (Å²) < 4.78 is 1.69. The Morgan fingerprint density at radius 3 is 2.53 bits per heavy atom. The van der Waals surface area contributed by atoms with Gasteiger partial charge in [-0.3, -0.25) is 9.48 Å². The standard InChI is InChI=1S/C14H25N3O2/c1-7-9(2)14(5,19)8-15-13(18)12-10(3)16-17(6)11(12)4/h9,19H,7-8H2,1-6H3,(H,15,18)/t9-,14+/m1/s1. The van der Waals surface area contributed by atoms with Gasteiger partial charge in [0.05, 0.1) is 16.9 Å². The smallest absolute Gasteiger partial charge is 0.255 e. The van der Waals surface area contributed by atoms with Crippen LogP contribution in [-0.2, 0) is 7.05 Å². The Kier molecular flexibility index (Phi) is 4.74. The summed E-state index contributed by atoms with van der Waals surface area (Å²) in [4.78, 5) is 12.2. The number of amides is 1. The van der Waals surface area contributed by atoms with Crippen molar-refractivity contribution in [2.75, 3.05) is 6.54 Å². The summed E-state index contributed by atoms with van der Waals surface area (Å²) in [6.07, 6.45) is 0.869. The number of rotatable bonds is 5. The van der Waals surface area contributed by atoms with E-state index in [2.05, 4.69) is 10.4 Å². The SMILES string of the molecule is CC[C@@H](C)[C@@](C)(O)CNC(=O)c1c(C)nn(C)c1C. The monoisotopic (exact) mass is 267 g/mol. The largest absolute Gasteiger partial charge is 0.388 e. The van der Waals surface area contributed by atoms with Crippen molar-refractivity contribution in [3.8, 4) is 0 Å². The fraction of sp³-hybridized carbons (Fsp3) is 0.714. The molecule has 0 saturated heterocycles. The number of aromatic nitrogens is 2. The second-order valence-electron chi connectivity index (χ2n) is 5.52. The lowest BCUT2D eigenvalue weighted by molar-refractivity contribution is 0.00591. The molecule has 0 aliphatic carbocycles. The first-order valence-electron chi connectivity index (χ1n) is 6.71. The Balaban J connectivity index is 2.76. The molecule has 2 atom stereocenters. The Labute approximate surface area is 115 Å². The van der Waals surface area contributed by atoms with Crippen LogP contribution in [-0.4, -0.2) is 32.9 Å². The van der Waals surface area contributed by atoms with Crippen LogP contribution >= 0.6 is 0 Å². The highest BCUT2D eigenvalue weighted by Crippen LogP contribution is 2.19. The third-order valence-corrected chi connectivity index (χ3v) is 4.02. The number of aryl methyl sites for hydroxylation is 2. The van der Waals surface area contributed by atoms with Crippen LogP contribution in [0.25, 0.3) is 0 Å². The van der Waals surface area contributed by atoms with E-state index in [4.69, 9.17) is 0 Å². The molecule has 1 rings (SSSR count). The molecule has 0 radical (unpaired) electrons. The summed E-state index contributed by atoms with van der Waals surface area (Å²) in [5, 5.41) is 17.3. The molecular formula is C14H25N3O2. The Bertz CT molecular complexity index is 464. The molecule has 0 unspecified atom stereocenters. The third kappa shape index (κ3) is 3.35. The van der Waals surface area contributed by atoms with Crippen LogP contribution in [0.2, 0.25) is 0 Å². The maximum atomic E-state index is 12.2. The highest BCUT2D eigenvalue weighted by atomic mass is 16.3. The normalized spacial score (nSPS) is 15.9. The number of carbonyl (C=O) groups is 1.